The number of fused-ring (bicyclic) bond motifs is 2. The number of nitrogens with one attached hydrogen (secondary N) is 1. The van der Waals surface area contributed by atoms with E-state index >= 15 is 4.39 Å². The van der Waals surface area contributed by atoms with Crippen LogP contribution in [0.15, 0.2) is 127 Å². The molecule has 0 aliphatic rings. The first-order chi connectivity index (χ1) is 21.1. The summed E-state index contributed by atoms with van der Waals surface area (Å²) in [6.07, 6.45) is 4.70. The molecule has 0 atom stereocenters. The van der Waals surface area contributed by atoms with Crippen LogP contribution in [0.25, 0.3) is 16.6 Å². The van der Waals surface area contributed by atoms with E-state index in [2.05, 4.69) is 25.4 Å². The Hall–Kier alpha value is -5.96. The van der Waals surface area contributed by atoms with E-state index in [9.17, 15) is 0 Å². The number of hydrogen-bond donors (Lipinski definition) is 1. The van der Waals surface area contributed by atoms with Crippen molar-refractivity contribution in [3.8, 4) is 11.5 Å². The fourth-order valence-corrected chi connectivity index (χ4v) is 4.86. The van der Waals surface area contributed by atoms with Gasteiger partial charge >= 0.3 is 0 Å². The largest absolute Gasteiger partial charge is 0.457 e. The van der Waals surface area contributed by atoms with Crippen molar-refractivity contribution in [2.45, 2.75) is 6.92 Å². The van der Waals surface area contributed by atoms with Crippen molar-refractivity contribution < 1.29 is 9.13 Å². The molecule has 9 heteroatoms. The second kappa shape index (κ2) is 11.1. The summed E-state index contributed by atoms with van der Waals surface area (Å²) >= 11 is 0. The Balaban J connectivity index is 1.23. The number of halogens is 1. The molecule has 0 radical (unpaired) electrons. The fraction of sp³-hybridized carbons (Fsp3) is 0.0294. The third kappa shape index (κ3) is 5.27. The molecule has 4 aromatic carbocycles. The van der Waals surface area contributed by atoms with Gasteiger partial charge in [-0.05, 0) is 48.9 Å². The van der Waals surface area contributed by atoms with Gasteiger partial charge in [-0.2, -0.15) is 5.10 Å². The minimum absolute atomic E-state index is 0.192. The molecule has 7 aromatic rings. The van der Waals surface area contributed by atoms with Crippen LogP contribution in [0.5, 0.6) is 11.5 Å². The van der Waals surface area contributed by atoms with Gasteiger partial charge in [0.2, 0.25) is 0 Å². The molecule has 0 aliphatic carbocycles. The van der Waals surface area contributed by atoms with Crippen LogP contribution in [-0.4, -0.2) is 30.3 Å². The van der Waals surface area contributed by atoms with Gasteiger partial charge in [-0.15, -0.1) is 0 Å². The Kier molecular flexibility index (Phi) is 6.73. The Morgan fingerprint density at radius 1 is 0.814 bits per heavy atom. The van der Waals surface area contributed by atoms with E-state index in [1.807, 2.05) is 97.9 Å². The van der Waals surface area contributed by atoms with E-state index in [1.54, 1.807) is 22.8 Å². The molecular formula is C34H24FN7O. The third-order valence-electron chi connectivity index (χ3n) is 6.96. The second-order valence-electron chi connectivity index (χ2n) is 9.84. The van der Waals surface area contributed by atoms with E-state index in [0.29, 0.717) is 34.2 Å². The number of ether oxygens (including phenoxy) is 1. The van der Waals surface area contributed by atoms with Gasteiger partial charge < -0.3 is 10.1 Å². The summed E-state index contributed by atoms with van der Waals surface area (Å²) in [7, 11) is 0. The van der Waals surface area contributed by atoms with Crippen molar-refractivity contribution in [1.29, 1.82) is 0 Å². The van der Waals surface area contributed by atoms with E-state index < -0.39 is 5.82 Å². The highest BCUT2D eigenvalue weighted by molar-refractivity contribution is 6.14. The molecule has 0 bridgehead atoms. The molecule has 43 heavy (non-hydrogen) atoms. The lowest BCUT2D eigenvalue weighted by Crippen LogP contribution is -2.03. The van der Waals surface area contributed by atoms with Crippen molar-refractivity contribution in [3.63, 3.8) is 0 Å². The number of rotatable bonds is 7. The molecule has 0 saturated heterocycles. The normalized spacial score (nSPS) is 11.0. The summed E-state index contributed by atoms with van der Waals surface area (Å²) in [6.45, 7) is 1.94. The second-order valence-corrected chi connectivity index (χ2v) is 9.84. The standard InChI is InChI=1S/C34H24FN7O/c1-22-18-25(12-15-29(22)43-26-16-17-42-30(19-26)37-21-39-42)40-34-31-27(36-20-38-34)13-14-28(32(31)35)41-33(23-8-4-2-5-9-23)24-10-6-3-7-11-24/h2-21H,1H3,(H,36,38,40). The van der Waals surface area contributed by atoms with Gasteiger partial charge in [0.15, 0.2) is 11.5 Å². The number of anilines is 2. The van der Waals surface area contributed by atoms with Crippen LogP contribution in [-0.2, 0) is 0 Å². The highest BCUT2D eigenvalue weighted by atomic mass is 19.1. The Morgan fingerprint density at radius 2 is 1.58 bits per heavy atom. The van der Waals surface area contributed by atoms with Crippen molar-refractivity contribution >= 4 is 39.5 Å². The number of pyridine rings is 1. The Labute approximate surface area is 246 Å². The minimum atomic E-state index is -0.509. The molecule has 208 valence electrons. The molecule has 0 amide bonds. The molecule has 0 unspecified atom stereocenters. The lowest BCUT2D eigenvalue weighted by molar-refractivity contribution is 0.478. The number of hydrogen-bond acceptors (Lipinski definition) is 7. The highest BCUT2D eigenvalue weighted by Gasteiger charge is 2.16. The van der Waals surface area contributed by atoms with Crippen molar-refractivity contribution in [2.24, 2.45) is 4.99 Å². The molecule has 0 fully saturated rings. The van der Waals surface area contributed by atoms with Gasteiger partial charge in [0, 0.05) is 29.1 Å². The predicted molar refractivity (Wildman–Crippen MR) is 165 cm³/mol. The van der Waals surface area contributed by atoms with Crippen LogP contribution in [0.1, 0.15) is 16.7 Å². The number of aromatic nitrogens is 5. The fourth-order valence-electron chi connectivity index (χ4n) is 4.86. The number of aliphatic imine (C=N–C) groups is 1. The first kappa shape index (κ1) is 26.0. The minimum Gasteiger partial charge on any atom is -0.457 e. The van der Waals surface area contributed by atoms with Crippen LogP contribution in [0.2, 0.25) is 0 Å². The SMILES string of the molecule is Cc1cc(Nc2ncnc3ccc(N=C(c4ccccc4)c4ccccc4)c(F)c23)ccc1Oc1ccn2ncnc2c1. The maximum absolute atomic E-state index is 16.2. The van der Waals surface area contributed by atoms with Crippen LogP contribution < -0.4 is 10.1 Å². The molecule has 3 heterocycles. The van der Waals surface area contributed by atoms with Gasteiger partial charge in [-0.1, -0.05) is 60.7 Å². The zero-order valence-corrected chi connectivity index (χ0v) is 23.0. The number of benzene rings is 4. The van der Waals surface area contributed by atoms with Gasteiger partial charge in [-0.25, -0.2) is 28.9 Å². The van der Waals surface area contributed by atoms with E-state index in [-0.39, 0.29) is 11.1 Å². The Morgan fingerprint density at radius 3 is 2.33 bits per heavy atom. The maximum atomic E-state index is 16.2. The molecule has 0 spiro atoms. The smallest absolute Gasteiger partial charge is 0.161 e. The van der Waals surface area contributed by atoms with Crippen LogP contribution in [0.4, 0.5) is 21.6 Å². The summed E-state index contributed by atoms with van der Waals surface area (Å²) in [5.41, 5.74) is 5.39. The first-order valence-corrected chi connectivity index (χ1v) is 13.6. The zero-order chi connectivity index (χ0) is 29.2. The molecule has 0 saturated carbocycles. The van der Waals surface area contributed by atoms with Gasteiger partial charge in [0.25, 0.3) is 0 Å². The van der Waals surface area contributed by atoms with Crippen LogP contribution in [0, 0.1) is 12.7 Å². The zero-order valence-electron chi connectivity index (χ0n) is 23.0. The van der Waals surface area contributed by atoms with Crippen molar-refractivity contribution in [3.05, 3.63) is 144 Å². The number of aryl methyl sites for hydroxylation is 1. The van der Waals surface area contributed by atoms with Crippen molar-refractivity contribution in [2.75, 3.05) is 5.32 Å². The van der Waals surface area contributed by atoms with E-state index in [1.165, 1.54) is 12.7 Å². The molecule has 7 rings (SSSR count). The third-order valence-corrected chi connectivity index (χ3v) is 6.96. The lowest BCUT2D eigenvalue weighted by Gasteiger charge is -2.13. The Bertz CT molecular complexity index is 2070. The first-order valence-electron chi connectivity index (χ1n) is 13.6. The number of nitrogens with zero attached hydrogens (tertiary/aromatic N) is 6. The average molecular weight is 566 g/mol. The summed E-state index contributed by atoms with van der Waals surface area (Å²) in [5, 5.41) is 7.63. The summed E-state index contributed by atoms with van der Waals surface area (Å²) in [5.74, 6) is 1.15. The van der Waals surface area contributed by atoms with Crippen LogP contribution >= 0.6 is 0 Å². The van der Waals surface area contributed by atoms with E-state index in [4.69, 9.17) is 9.73 Å². The summed E-state index contributed by atoms with van der Waals surface area (Å²) < 4.78 is 24.0. The van der Waals surface area contributed by atoms with Gasteiger partial charge in [-0.3, -0.25) is 0 Å². The van der Waals surface area contributed by atoms with E-state index in [0.717, 1.165) is 22.4 Å². The van der Waals surface area contributed by atoms with Gasteiger partial charge in [0.05, 0.1) is 16.6 Å². The van der Waals surface area contributed by atoms with Crippen LogP contribution in [0.3, 0.4) is 0 Å². The molecule has 3 aromatic heterocycles. The monoisotopic (exact) mass is 565 g/mol. The highest BCUT2D eigenvalue weighted by Crippen LogP contribution is 2.34. The lowest BCUT2D eigenvalue weighted by atomic mass is 10.0. The van der Waals surface area contributed by atoms with Gasteiger partial charge in [0.1, 0.15) is 35.7 Å². The molecular weight excluding hydrogens is 541 g/mol. The quantitative estimate of drug-likeness (QED) is 0.198. The molecule has 8 nitrogen and oxygen atoms in total. The molecule has 0 aliphatic heterocycles. The maximum Gasteiger partial charge on any atom is 0.161 e. The van der Waals surface area contributed by atoms with Crippen molar-refractivity contribution in [1.82, 2.24) is 24.6 Å². The average Bonchev–Trinajstić information content (AvgIpc) is 3.51. The molecule has 1 N–H and O–H groups in total. The summed E-state index contributed by atoms with van der Waals surface area (Å²) in [6, 6.07) is 32.2. The predicted octanol–water partition coefficient (Wildman–Crippen LogP) is 7.83. The summed E-state index contributed by atoms with van der Waals surface area (Å²) in [4.78, 5) is 17.7. The topological polar surface area (TPSA) is 89.6 Å².